The van der Waals surface area contributed by atoms with Gasteiger partial charge in [-0.1, -0.05) is 12.1 Å². The Labute approximate surface area is 117 Å². The number of hydrogen-bond acceptors (Lipinski definition) is 4. The Morgan fingerprint density at radius 1 is 1.45 bits per heavy atom. The number of aryl methyl sites for hydroxylation is 1. The number of rotatable bonds is 5. The van der Waals surface area contributed by atoms with Crippen molar-refractivity contribution < 1.29 is 9.53 Å². The Balaban J connectivity index is 1.89. The molecule has 1 aromatic heterocycles. The number of carbonyl (C=O) groups is 1. The number of hydrogen-bond donors (Lipinski definition) is 1. The lowest BCUT2D eigenvalue weighted by Gasteiger charge is -2.17. The SMILES string of the molecule is CN(Cc1nccn1C)C(=O)COc1ccccc1N. The normalized spacial score (nSPS) is 10.3. The summed E-state index contributed by atoms with van der Waals surface area (Å²) < 4.78 is 7.30. The summed E-state index contributed by atoms with van der Waals surface area (Å²) in [4.78, 5) is 17.7. The minimum Gasteiger partial charge on any atom is -0.482 e. The summed E-state index contributed by atoms with van der Waals surface area (Å²) in [7, 11) is 3.61. The van der Waals surface area contributed by atoms with E-state index in [9.17, 15) is 4.79 Å². The van der Waals surface area contributed by atoms with Gasteiger partial charge in [0.25, 0.3) is 5.91 Å². The lowest BCUT2D eigenvalue weighted by atomic mass is 10.3. The second kappa shape index (κ2) is 6.10. The average molecular weight is 274 g/mol. The number of amides is 1. The van der Waals surface area contributed by atoms with Gasteiger partial charge >= 0.3 is 0 Å². The Morgan fingerprint density at radius 2 is 2.20 bits per heavy atom. The highest BCUT2D eigenvalue weighted by atomic mass is 16.5. The predicted molar refractivity (Wildman–Crippen MR) is 76.0 cm³/mol. The van der Waals surface area contributed by atoms with E-state index in [2.05, 4.69) is 4.98 Å². The van der Waals surface area contributed by atoms with Crippen molar-refractivity contribution in [1.29, 1.82) is 0 Å². The molecule has 6 nitrogen and oxygen atoms in total. The lowest BCUT2D eigenvalue weighted by molar-refractivity contribution is -0.132. The topological polar surface area (TPSA) is 73.4 Å². The van der Waals surface area contributed by atoms with E-state index in [1.54, 1.807) is 30.3 Å². The largest absolute Gasteiger partial charge is 0.482 e. The first-order chi connectivity index (χ1) is 9.58. The maximum Gasteiger partial charge on any atom is 0.260 e. The number of carbonyl (C=O) groups excluding carboxylic acids is 1. The van der Waals surface area contributed by atoms with Crippen LogP contribution in [-0.2, 0) is 18.4 Å². The Kier molecular flexibility index (Phi) is 4.24. The van der Waals surface area contributed by atoms with Gasteiger partial charge in [0.2, 0.25) is 0 Å². The molecule has 6 heteroatoms. The fourth-order valence-electron chi connectivity index (χ4n) is 1.71. The molecule has 2 aromatic rings. The van der Waals surface area contributed by atoms with Gasteiger partial charge in [0.15, 0.2) is 6.61 Å². The summed E-state index contributed by atoms with van der Waals surface area (Å²) in [5.74, 6) is 1.21. The summed E-state index contributed by atoms with van der Waals surface area (Å²) in [6.45, 7) is 0.394. The van der Waals surface area contributed by atoms with E-state index in [0.29, 0.717) is 18.0 Å². The number of imidazole rings is 1. The number of aromatic nitrogens is 2. The molecule has 0 atom stereocenters. The number of likely N-dealkylation sites (N-methyl/N-ethyl adjacent to an activating group) is 1. The molecule has 0 unspecified atom stereocenters. The standard InChI is InChI=1S/C14H18N4O2/c1-17-8-7-16-13(17)9-18(2)14(19)10-20-12-6-4-3-5-11(12)15/h3-8H,9-10,15H2,1-2H3. The smallest absolute Gasteiger partial charge is 0.260 e. The van der Waals surface area contributed by atoms with E-state index < -0.39 is 0 Å². The number of nitrogens with zero attached hydrogens (tertiary/aromatic N) is 3. The molecule has 0 aliphatic rings. The zero-order chi connectivity index (χ0) is 14.5. The zero-order valence-electron chi connectivity index (χ0n) is 11.6. The maximum atomic E-state index is 12.0. The highest BCUT2D eigenvalue weighted by molar-refractivity contribution is 5.77. The molecule has 106 valence electrons. The molecular formula is C14H18N4O2. The fourth-order valence-corrected chi connectivity index (χ4v) is 1.71. The number of anilines is 1. The minimum atomic E-state index is -0.128. The van der Waals surface area contributed by atoms with Gasteiger partial charge in [-0.2, -0.15) is 0 Å². The lowest BCUT2D eigenvalue weighted by Crippen LogP contribution is -2.31. The second-order valence-electron chi connectivity index (χ2n) is 4.53. The van der Waals surface area contributed by atoms with Crippen molar-refractivity contribution >= 4 is 11.6 Å². The average Bonchev–Trinajstić information content (AvgIpc) is 2.83. The summed E-state index contributed by atoms with van der Waals surface area (Å²) in [5.41, 5.74) is 6.27. The minimum absolute atomic E-state index is 0.0465. The summed E-state index contributed by atoms with van der Waals surface area (Å²) in [5, 5.41) is 0. The highest BCUT2D eigenvalue weighted by Crippen LogP contribution is 2.19. The molecule has 1 heterocycles. The fraction of sp³-hybridized carbons (Fsp3) is 0.286. The third-order valence-electron chi connectivity index (χ3n) is 3.00. The summed E-state index contributed by atoms with van der Waals surface area (Å²) in [6.07, 6.45) is 3.55. The van der Waals surface area contributed by atoms with E-state index in [-0.39, 0.29) is 12.5 Å². The molecule has 2 N–H and O–H groups in total. The molecule has 1 amide bonds. The van der Waals surface area contributed by atoms with Crippen LogP contribution in [0.3, 0.4) is 0 Å². The van der Waals surface area contributed by atoms with E-state index >= 15 is 0 Å². The number of para-hydroxylation sites is 2. The van der Waals surface area contributed by atoms with Crippen LogP contribution >= 0.6 is 0 Å². The molecule has 0 bridgehead atoms. The van der Waals surface area contributed by atoms with Crippen LogP contribution < -0.4 is 10.5 Å². The Hall–Kier alpha value is -2.50. The molecule has 0 fully saturated rings. The van der Waals surface area contributed by atoms with Crippen LogP contribution in [0.4, 0.5) is 5.69 Å². The van der Waals surface area contributed by atoms with Crippen molar-refractivity contribution in [1.82, 2.24) is 14.5 Å². The van der Waals surface area contributed by atoms with Gasteiger partial charge in [0, 0.05) is 26.5 Å². The molecular weight excluding hydrogens is 256 g/mol. The van der Waals surface area contributed by atoms with E-state index in [0.717, 1.165) is 5.82 Å². The number of nitrogens with two attached hydrogens (primary N) is 1. The molecule has 0 saturated carbocycles. The second-order valence-corrected chi connectivity index (χ2v) is 4.53. The van der Waals surface area contributed by atoms with Crippen molar-refractivity contribution in [3.63, 3.8) is 0 Å². The highest BCUT2D eigenvalue weighted by Gasteiger charge is 2.12. The van der Waals surface area contributed by atoms with Gasteiger partial charge in [0.1, 0.15) is 11.6 Å². The molecule has 2 rings (SSSR count). The van der Waals surface area contributed by atoms with Crippen LogP contribution in [0.2, 0.25) is 0 Å². The van der Waals surface area contributed by atoms with Gasteiger partial charge in [-0.3, -0.25) is 4.79 Å². The van der Waals surface area contributed by atoms with Gasteiger partial charge in [-0.15, -0.1) is 0 Å². The molecule has 0 aliphatic carbocycles. The first-order valence-electron chi connectivity index (χ1n) is 6.25. The number of benzene rings is 1. The Morgan fingerprint density at radius 3 is 2.85 bits per heavy atom. The quantitative estimate of drug-likeness (QED) is 0.827. The van der Waals surface area contributed by atoms with Crippen LogP contribution in [0.5, 0.6) is 5.75 Å². The monoisotopic (exact) mass is 274 g/mol. The van der Waals surface area contributed by atoms with E-state index in [1.165, 1.54) is 0 Å². The van der Waals surface area contributed by atoms with Gasteiger partial charge in [-0.25, -0.2) is 4.98 Å². The van der Waals surface area contributed by atoms with Crippen LogP contribution in [0.1, 0.15) is 5.82 Å². The molecule has 20 heavy (non-hydrogen) atoms. The number of nitrogen functional groups attached to an aromatic ring is 1. The van der Waals surface area contributed by atoms with E-state index in [4.69, 9.17) is 10.5 Å². The molecule has 0 radical (unpaired) electrons. The Bertz CT molecular complexity index is 594. The third-order valence-corrected chi connectivity index (χ3v) is 3.00. The van der Waals surface area contributed by atoms with Gasteiger partial charge in [0.05, 0.1) is 12.2 Å². The molecule has 0 aliphatic heterocycles. The van der Waals surface area contributed by atoms with Crippen molar-refractivity contribution in [3.8, 4) is 5.75 Å². The van der Waals surface area contributed by atoms with E-state index in [1.807, 2.05) is 29.9 Å². The molecule has 0 saturated heterocycles. The van der Waals surface area contributed by atoms with Crippen LogP contribution in [-0.4, -0.2) is 34.0 Å². The third kappa shape index (κ3) is 3.28. The van der Waals surface area contributed by atoms with Crippen molar-refractivity contribution in [2.24, 2.45) is 7.05 Å². The maximum absolute atomic E-state index is 12.0. The first-order valence-corrected chi connectivity index (χ1v) is 6.25. The molecule has 0 spiro atoms. The van der Waals surface area contributed by atoms with Crippen LogP contribution in [0.25, 0.3) is 0 Å². The van der Waals surface area contributed by atoms with Crippen LogP contribution in [0, 0.1) is 0 Å². The van der Waals surface area contributed by atoms with Gasteiger partial charge in [-0.05, 0) is 12.1 Å². The first kappa shape index (κ1) is 13.9. The zero-order valence-corrected chi connectivity index (χ0v) is 11.6. The van der Waals surface area contributed by atoms with Crippen molar-refractivity contribution in [2.75, 3.05) is 19.4 Å². The summed E-state index contributed by atoms with van der Waals surface area (Å²) >= 11 is 0. The van der Waals surface area contributed by atoms with Crippen LogP contribution in [0.15, 0.2) is 36.7 Å². The van der Waals surface area contributed by atoms with Crippen molar-refractivity contribution in [2.45, 2.75) is 6.54 Å². The predicted octanol–water partition coefficient (Wildman–Crippen LogP) is 1.04. The van der Waals surface area contributed by atoms with Gasteiger partial charge < -0.3 is 19.9 Å². The molecule has 1 aromatic carbocycles. The summed E-state index contributed by atoms with van der Waals surface area (Å²) in [6, 6.07) is 7.10. The van der Waals surface area contributed by atoms with Crippen molar-refractivity contribution in [3.05, 3.63) is 42.5 Å². The number of ether oxygens (including phenoxy) is 1.